The Kier molecular flexibility index (Phi) is 3.31. The molecule has 0 radical (unpaired) electrons. The van der Waals surface area contributed by atoms with E-state index in [4.69, 9.17) is 9.26 Å². The predicted octanol–water partition coefficient (Wildman–Crippen LogP) is 1.75. The van der Waals surface area contributed by atoms with Crippen molar-refractivity contribution in [3.63, 3.8) is 0 Å². The van der Waals surface area contributed by atoms with E-state index in [-0.39, 0.29) is 12.0 Å². The molecule has 2 atom stereocenters. The summed E-state index contributed by atoms with van der Waals surface area (Å²) >= 11 is 0. The second kappa shape index (κ2) is 5.11. The molecule has 2 heterocycles. The van der Waals surface area contributed by atoms with Crippen LogP contribution < -0.4 is 5.32 Å². The van der Waals surface area contributed by atoms with Crippen LogP contribution in [0.3, 0.4) is 0 Å². The van der Waals surface area contributed by atoms with E-state index >= 15 is 0 Å². The lowest BCUT2D eigenvalue weighted by atomic mass is 10.0. The third-order valence-electron chi connectivity index (χ3n) is 3.60. The predicted molar refractivity (Wildman–Crippen MR) is 70.9 cm³/mol. The van der Waals surface area contributed by atoms with Gasteiger partial charge >= 0.3 is 0 Å². The molecule has 1 saturated heterocycles. The zero-order chi connectivity index (χ0) is 13.2. The minimum absolute atomic E-state index is 0.135. The smallest absolute Gasteiger partial charge is 0.234 e. The lowest BCUT2D eigenvalue weighted by molar-refractivity contribution is 0.185. The van der Waals surface area contributed by atoms with Gasteiger partial charge < -0.3 is 14.6 Å². The molecule has 0 saturated carbocycles. The summed E-state index contributed by atoms with van der Waals surface area (Å²) in [6.45, 7) is 3.35. The lowest BCUT2D eigenvalue weighted by Gasteiger charge is -2.11. The molecule has 5 heteroatoms. The number of hydrogen-bond acceptors (Lipinski definition) is 5. The van der Waals surface area contributed by atoms with Crippen molar-refractivity contribution in [2.45, 2.75) is 18.9 Å². The van der Waals surface area contributed by atoms with Crippen molar-refractivity contribution in [1.29, 1.82) is 0 Å². The second-order valence-corrected chi connectivity index (χ2v) is 4.81. The first-order valence-corrected chi connectivity index (χ1v) is 6.44. The Bertz CT molecular complexity index is 567. The number of likely N-dealkylation sites (N-methyl/N-ethyl adjacent to an activating group) is 1. The Hall–Kier alpha value is -1.72. The summed E-state index contributed by atoms with van der Waals surface area (Å²) in [4.78, 5) is 4.52. The largest absolute Gasteiger partial charge is 0.379 e. The molecule has 0 bridgehead atoms. The maximum atomic E-state index is 5.46. The van der Waals surface area contributed by atoms with E-state index in [9.17, 15) is 0 Å². The Morgan fingerprint density at radius 3 is 2.89 bits per heavy atom. The van der Waals surface area contributed by atoms with Gasteiger partial charge in [-0.3, -0.25) is 0 Å². The maximum absolute atomic E-state index is 5.46. The fourth-order valence-corrected chi connectivity index (χ4v) is 2.40. The van der Waals surface area contributed by atoms with Crippen molar-refractivity contribution >= 4 is 0 Å². The van der Waals surface area contributed by atoms with Crippen LogP contribution in [0.15, 0.2) is 28.8 Å². The fourth-order valence-electron chi connectivity index (χ4n) is 2.40. The number of nitrogens with zero attached hydrogens (tertiary/aromatic N) is 2. The van der Waals surface area contributed by atoms with Crippen molar-refractivity contribution in [2.24, 2.45) is 0 Å². The standard InChI is InChI=1S/C14H17N3O2/c1-9-5-3-4-6-10(9)13-16-14(19-17-13)11-7-18-8-12(11)15-2/h3-6,11-12,15H,7-8H2,1-2H3. The molecule has 0 amide bonds. The van der Waals surface area contributed by atoms with Gasteiger partial charge in [0.2, 0.25) is 11.7 Å². The van der Waals surface area contributed by atoms with Gasteiger partial charge in [-0.15, -0.1) is 0 Å². The number of benzene rings is 1. The van der Waals surface area contributed by atoms with Gasteiger partial charge in [-0.1, -0.05) is 29.4 Å². The molecule has 2 aromatic rings. The minimum atomic E-state index is 0.135. The number of ether oxygens (including phenoxy) is 1. The highest BCUT2D eigenvalue weighted by atomic mass is 16.5. The molecule has 3 rings (SSSR count). The Morgan fingerprint density at radius 1 is 1.26 bits per heavy atom. The molecule has 0 aliphatic carbocycles. The van der Waals surface area contributed by atoms with E-state index in [1.165, 1.54) is 0 Å². The highest BCUT2D eigenvalue weighted by Crippen LogP contribution is 2.27. The first-order valence-electron chi connectivity index (χ1n) is 6.44. The minimum Gasteiger partial charge on any atom is -0.379 e. The number of nitrogens with one attached hydrogen (secondary N) is 1. The fraction of sp³-hybridized carbons (Fsp3) is 0.429. The summed E-state index contributed by atoms with van der Waals surface area (Å²) in [7, 11) is 1.92. The van der Waals surface area contributed by atoms with Crippen LogP contribution >= 0.6 is 0 Å². The number of rotatable bonds is 3. The van der Waals surface area contributed by atoms with Gasteiger partial charge in [0, 0.05) is 11.6 Å². The molecule has 1 fully saturated rings. The van der Waals surface area contributed by atoms with E-state index in [0.717, 1.165) is 11.1 Å². The van der Waals surface area contributed by atoms with Crippen LogP contribution in [0.25, 0.3) is 11.4 Å². The van der Waals surface area contributed by atoms with Crippen LogP contribution in [0.2, 0.25) is 0 Å². The van der Waals surface area contributed by atoms with Gasteiger partial charge in [-0.05, 0) is 19.5 Å². The number of aryl methyl sites for hydroxylation is 1. The number of aromatic nitrogens is 2. The van der Waals surface area contributed by atoms with Crippen molar-refractivity contribution in [3.05, 3.63) is 35.7 Å². The van der Waals surface area contributed by atoms with Crippen molar-refractivity contribution in [2.75, 3.05) is 20.3 Å². The van der Waals surface area contributed by atoms with Crippen LogP contribution in [0.1, 0.15) is 17.4 Å². The highest BCUT2D eigenvalue weighted by Gasteiger charge is 2.33. The van der Waals surface area contributed by atoms with E-state index in [0.29, 0.717) is 24.9 Å². The molecular weight excluding hydrogens is 242 g/mol. The van der Waals surface area contributed by atoms with E-state index < -0.39 is 0 Å². The van der Waals surface area contributed by atoms with Crippen molar-refractivity contribution < 1.29 is 9.26 Å². The topological polar surface area (TPSA) is 60.2 Å². The summed E-state index contributed by atoms with van der Waals surface area (Å²) in [5.41, 5.74) is 2.15. The third-order valence-corrected chi connectivity index (χ3v) is 3.60. The Labute approximate surface area is 112 Å². The van der Waals surface area contributed by atoms with Gasteiger partial charge in [0.05, 0.1) is 19.1 Å². The molecule has 100 valence electrons. The molecule has 1 N–H and O–H groups in total. The van der Waals surface area contributed by atoms with E-state index in [2.05, 4.69) is 15.5 Å². The Balaban J connectivity index is 1.90. The summed E-state index contributed by atoms with van der Waals surface area (Å²) in [5, 5.41) is 7.31. The quantitative estimate of drug-likeness (QED) is 0.910. The Morgan fingerprint density at radius 2 is 2.11 bits per heavy atom. The summed E-state index contributed by atoms with van der Waals surface area (Å²) in [6, 6.07) is 8.27. The van der Waals surface area contributed by atoms with Crippen molar-refractivity contribution in [1.82, 2.24) is 15.5 Å². The SMILES string of the molecule is CNC1COCC1c1nc(-c2ccccc2C)no1. The summed E-state index contributed by atoms with van der Waals surface area (Å²) < 4.78 is 10.9. The summed E-state index contributed by atoms with van der Waals surface area (Å²) in [6.07, 6.45) is 0. The second-order valence-electron chi connectivity index (χ2n) is 4.81. The van der Waals surface area contributed by atoms with Crippen LogP contribution in [0.5, 0.6) is 0 Å². The molecule has 1 aliphatic heterocycles. The van der Waals surface area contributed by atoms with Crippen LogP contribution in [-0.2, 0) is 4.74 Å². The van der Waals surface area contributed by atoms with E-state index in [1.807, 2.05) is 38.2 Å². The van der Waals surface area contributed by atoms with E-state index in [1.54, 1.807) is 0 Å². The average molecular weight is 259 g/mol. The molecule has 1 aromatic heterocycles. The van der Waals surface area contributed by atoms with Crippen LogP contribution in [0.4, 0.5) is 0 Å². The van der Waals surface area contributed by atoms with Crippen molar-refractivity contribution in [3.8, 4) is 11.4 Å². The molecule has 19 heavy (non-hydrogen) atoms. The van der Waals surface area contributed by atoms with Gasteiger partial charge in [0.15, 0.2) is 0 Å². The normalized spacial score (nSPS) is 22.8. The molecule has 1 aliphatic rings. The van der Waals surface area contributed by atoms with Gasteiger partial charge in [-0.25, -0.2) is 0 Å². The molecular formula is C14H17N3O2. The first kappa shape index (κ1) is 12.3. The van der Waals surface area contributed by atoms with Gasteiger partial charge in [-0.2, -0.15) is 4.98 Å². The molecule has 1 aromatic carbocycles. The molecule has 2 unspecified atom stereocenters. The average Bonchev–Trinajstić information content (AvgIpc) is 3.07. The maximum Gasteiger partial charge on any atom is 0.234 e. The van der Waals surface area contributed by atoms with Crippen LogP contribution in [0, 0.1) is 6.92 Å². The first-order chi connectivity index (χ1) is 9.29. The van der Waals surface area contributed by atoms with Gasteiger partial charge in [0.25, 0.3) is 0 Å². The zero-order valence-corrected chi connectivity index (χ0v) is 11.1. The number of hydrogen-bond donors (Lipinski definition) is 1. The molecule has 5 nitrogen and oxygen atoms in total. The highest BCUT2D eigenvalue weighted by molar-refractivity contribution is 5.59. The third kappa shape index (κ3) is 2.27. The van der Waals surface area contributed by atoms with Gasteiger partial charge in [0.1, 0.15) is 0 Å². The zero-order valence-electron chi connectivity index (χ0n) is 11.1. The van der Waals surface area contributed by atoms with Crippen LogP contribution in [-0.4, -0.2) is 36.4 Å². The monoisotopic (exact) mass is 259 g/mol. The molecule has 0 spiro atoms. The lowest BCUT2D eigenvalue weighted by Crippen LogP contribution is -2.31. The summed E-state index contributed by atoms with van der Waals surface area (Å²) in [5.74, 6) is 1.43.